The molecule has 2 heterocycles. The normalized spacial score (nSPS) is 18.0. The van der Waals surface area contributed by atoms with E-state index < -0.39 is 11.9 Å². The summed E-state index contributed by atoms with van der Waals surface area (Å²) in [6, 6.07) is 7.49. The molecule has 7 nitrogen and oxygen atoms in total. The molecule has 0 unspecified atom stereocenters. The molecular weight excluding hydrogens is 342 g/mol. The van der Waals surface area contributed by atoms with Crippen LogP contribution in [0.1, 0.15) is 30.7 Å². The van der Waals surface area contributed by atoms with E-state index in [1.165, 1.54) is 16.0 Å². The lowest BCUT2D eigenvalue weighted by atomic mass is 9.98. The average molecular weight is 369 g/mol. The highest BCUT2D eigenvalue weighted by atomic mass is 16.2. The van der Waals surface area contributed by atoms with Gasteiger partial charge in [-0.05, 0) is 29.9 Å². The Kier molecular flexibility index (Phi) is 5.78. The smallest absolute Gasteiger partial charge is 0.318 e. The Morgan fingerprint density at radius 3 is 2.78 bits per heavy atom. The highest BCUT2D eigenvalue weighted by Gasteiger charge is 2.36. The van der Waals surface area contributed by atoms with Crippen molar-refractivity contribution >= 4 is 11.9 Å². The van der Waals surface area contributed by atoms with E-state index in [0.717, 1.165) is 18.5 Å². The molecule has 3 rings (SSSR count). The minimum atomic E-state index is -0.692. The number of rotatable bonds is 8. The fraction of sp³-hybridized carbons (Fsp3) is 0.450. The van der Waals surface area contributed by atoms with Crippen molar-refractivity contribution in [3.63, 3.8) is 0 Å². The van der Waals surface area contributed by atoms with Crippen LogP contribution in [0.5, 0.6) is 0 Å². The number of benzene rings is 1. The number of aromatic amines is 1. The summed E-state index contributed by atoms with van der Waals surface area (Å²) in [5, 5.41) is 2.98. The number of H-pyrrole nitrogens is 1. The molecule has 7 heteroatoms. The van der Waals surface area contributed by atoms with Crippen LogP contribution in [-0.4, -0.2) is 45.4 Å². The van der Waals surface area contributed by atoms with E-state index in [0.29, 0.717) is 18.9 Å². The van der Waals surface area contributed by atoms with E-state index in [2.05, 4.69) is 53.4 Å². The summed E-state index contributed by atoms with van der Waals surface area (Å²) in [5.41, 5.74) is 8.83. The Bertz CT molecular complexity index is 787. The molecule has 0 bridgehead atoms. The predicted octanol–water partition coefficient (Wildman–Crippen LogP) is 1.64. The monoisotopic (exact) mass is 369 g/mol. The summed E-state index contributed by atoms with van der Waals surface area (Å²) in [5.74, 6) is 0.0834. The van der Waals surface area contributed by atoms with Crippen LogP contribution in [0.2, 0.25) is 0 Å². The second-order valence-corrected chi connectivity index (χ2v) is 7.62. The molecule has 1 fully saturated rings. The van der Waals surface area contributed by atoms with Crippen LogP contribution in [0.3, 0.4) is 0 Å². The summed E-state index contributed by atoms with van der Waals surface area (Å²) < 4.78 is 0. The minimum absolute atomic E-state index is 0.0459. The van der Waals surface area contributed by atoms with Crippen LogP contribution in [0.4, 0.5) is 4.79 Å². The van der Waals surface area contributed by atoms with Crippen LogP contribution >= 0.6 is 0 Å². The minimum Gasteiger partial charge on any atom is -0.368 e. The number of imidazole rings is 1. The number of aromatic nitrogens is 2. The molecule has 0 radical (unpaired) electrons. The molecule has 1 aromatic carbocycles. The van der Waals surface area contributed by atoms with Crippen LogP contribution in [0, 0.1) is 5.92 Å². The molecule has 1 aliphatic rings. The van der Waals surface area contributed by atoms with Gasteiger partial charge in [-0.1, -0.05) is 38.1 Å². The second kappa shape index (κ2) is 8.24. The lowest BCUT2D eigenvalue weighted by Gasteiger charge is -2.23. The standard InChI is InChI=1S/C20H27N5O2/c1-13(2)6-14-4-3-5-15(7-14)8-17-11-25(20(27)24-17)18(19(21)26)9-16-10-22-12-23-16/h3-5,7,10,12-13,17-18H,6,8-9,11H2,1-2H3,(H2,21,26)(H,22,23)(H,24,27)/t17-,18-/m0/s1. The number of hydrogen-bond donors (Lipinski definition) is 3. The summed E-state index contributed by atoms with van der Waals surface area (Å²) in [7, 11) is 0. The van der Waals surface area contributed by atoms with E-state index in [1.807, 2.05) is 0 Å². The van der Waals surface area contributed by atoms with Crippen molar-refractivity contribution in [2.24, 2.45) is 11.7 Å². The Labute approximate surface area is 159 Å². The van der Waals surface area contributed by atoms with Crippen LogP contribution in [-0.2, 0) is 24.1 Å². The first kappa shape index (κ1) is 18.9. The van der Waals surface area contributed by atoms with Gasteiger partial charge in [-0.3, -0.25) is 4.79 Å². The second-order valence-electron chi connectivity index (χ2n) is 7.62. The molecule has 1 aliphatic heterocycles. The number of nitrogens with one attached hydrogen (secondary N) is 2. The van der Waals surface area contributed by atoms with Crippen molar-refractivity contribution in [2.45, 2.75) is 45.2 Å². The van der Waals surface area contributed by atoms with Crippen molar-refractivity contribution in [3.8, 4) is 0 Å². The Morgan fingerprint density at radius 2 is 2.11 bits per heavy atom. The van der Waals surface area contributed by atoms with Crippen molar-refractivity contribution in [2.75, 3.05) is 6.54 Å². The lowest BCUT2D eigenvalue weighted by Crippen LogP contribution is -2.47. The Hall–Kier alpha value is -2.83. The van der Waals surface area contributed by atoms with E-state index >= 15 is 0 Å². The Balaban J connectivity index is 1.66. The average Bonchev–Trinajstić information content (AvgIpc) is 3.22. The maximum atomic E-state index is 12.4. The number of carbonyl (C=O) groups is 2. The molecule has 4 N–H and O–H groups in total. The van der Waals surface area contributed by atoms with Crippen molar-refractivity contribution < 1.29 is 9.59 Å². The third-order valence-electron chi connectivity index (χ3n) is 4.80. The zero-order valence-corrected chi connectivity index (χ0v) is 15.8. The molecular formula is C20H27N5O2. The molecule has 2 aromatic rings. The van der Waals surface area contributed by atoms with Gasteiger partial charge >= 0.3 is 6.03 Å². The number of primary amides is 1. The molecule has 1 saturated heterocycles. The van der Waals surface area contributed by atoms with Gasteiger partial charge in [0, 0.05) is 24.9 Å². The first-order chi connectivity index (χ1) is 12.9. The molecule has 0 spiro atoms. The molecule has 0 aliphatic carbocycles. The van der Waals surface area contributed by atoms with E-state index in [9.17, 15) is 9.59 Å². The molecule has 27 heavy (non-hydrogen) atoms. The molecule has 2 atom stereocenters. The zero-order chi connectivity index (χ0) is 19.4. The number of carbonyl (C=O) groups excluding carboxylic acids is 2. The van der Waals surface area contributed by atoms with Crippen LogP contribution in [0.15, 0.2) is 36.8 Å². The largest absolute Gasteiger partial charge is 0.368 e. The first-order valence-electron chi connectivity index (χ1n) is 9.34. The fourth-order valence-corrected chi connectivity index (χ4v) is 3.62. The van der Waals surface area contributed by atoms with Crippen LogP contribution in [0.25, 0.3) is 0 Å². The number of urea groups is 1. The van der Waals surface area contributed by atoms with Gasteiger partial charge in [0.15, 0.2) is 0 Å². The van der Waals surface area contributed by atoms with Gasteiger partial charge in [-0.2, -0.15) is 0 Å². The van der Waals surface area contributed by atoms with E-state index in [4.69, 9.17) is 5.73 Å². The van der Waals surface area contributed by atoms with Gasteiger partial charge in [0.2, 0.25) is 5.91 Å². The molecule has 1 aromatic heterocycles. The van der Waals surface area contributed by atoms with Gasteiger partial charge in [0.25, 0.3) is 0 Å². The maximum absolute atomic E-state index is 12.4. The molecule has 0 saturated carbocycles. The highest BCUT2D eigenvalue weighted by molar-refractivity contribution is 5.87. The van der Waals surface area contributed by atoms with Crippen molar-refractivity contribution in [1.29, 1.82) is 0 Å². The summed E-state index contributed by atoms with van der Waals surface area (Å²) in [4.78, 5) is 32.8. The number of nitrogens with two attached hydrogens (primary N) is 1. The zero-order valence-electron chi connectivity index (χ0n) is 15.8. The maximum Gasteiger partial charge on any atom is 0.318 e. The third kappa shape index (κ3) is 4.87. The predicted molar refractivity (Wildman–Crippen MR) is 103 cm³/mol. The van der Waals surface area contributed by atoms with Crippen LogP contribution < -0.4 is 11.1 Å². The number of nitrogens with zero attached hydrogens (tertiary/aromatic N) is 2. The van der Waals surface area contributed by atoms with E-state index in [-0.39, 0.29) is 12.1 Å². The summed E-state index contributed by atoms with van der Waals surface area (Å²) >= 11 is 0. The van der Waals surface area contributed by atoms with Gasteiger partial charge in [0.05, 0.1) is 12.4 Å². The van der Waals surface area contributed by atoms with E-state index in [1.54, 1.807) is 12.5 Å². The van der Waals surface area contributed by atoms with Crippen molar-refractivity contribution in [1.82, 2.24) is 20.2 Å². The number of hydrogen-bond acceptors (Lipinski definition) is 3. The summed E-state index contributed by atoms with van der Waals surface area (Å²) in [6.07, 6.45) is 5.28. The Morgan fingerprint density at radius 1 is 1.33 bits per heavy atom. The lowest BCUT2D eigenvalue weighted by molar-refractivity contribution is -0.122. The van der Waals surface area contributed by atoms with Gasteiger partial charge in [-0.25, -0.2) is 9.78 Å². The quantitative estimate of drug-likeness (QED) is 0.659. The van der Waals surface area contributed by atoms with Crippen molar-refractivity contribution in [3.05, 3.63) is 53.6 Å². The van der Waals surface area contributed by atoms with Gasteiger partial charge < -0.3 is 20.9 Å². The molecule has 3 amide bonds. The summed E-state index contributed by atoms with van der Waals surface area (Å²) in [6.45, 7) is 4.85. The topological polar surface area (TPSA) is 104 Å². The highest BCUT2D eigenvalue weighted by Crippen LogP contribution is 2.17. The third-order valence-corrected chi connectivity index (χ3v) is 4.80. The molecule has 144 valence electrons. The van der Waals surface area contributed by atoms with Gasteiger partial charge in [-0.15, -0.1) is 0 Å². The SMILES string of the molecule is CC(C)Cc1cccc(C[C@H]2CN([C@@H](Cc3cnc[nH]3)C(N)=O)C(=O)N2)c1. The van der Waals surface area contributed by atoms with Gasteiger partial charge in [0.1, 0.15) is 6.04 Å². The number of amides is 3. The fourth-order valence-electron chi connectivity index (χ4n) is 3.62. The first-order valence-corrected chi connectivity index (χ1v) is 9.34.